The highest BCUT2D eigenvalue weighted by molar-refractivity contribution is 5.78. The first-order valence-electron chi connectivity index (χ1n) is 7.92. The van der Waals surface area contributed by atoms with Gasteiger partial charge in [0.1, 0.15) is 5.60 Å². The maximum Gasteiger partial charge on any atom is 0.260 e. The summed E-state index contributed by atoms with van der Waals surface area (Å²) in [5, 5.41) is 4.84. The van der Waals surface area contributed by atoms with Crippen molar-refractivity contribution in [1.29, 1.82) is 0 Å². The maximum atomic E-state index is 12.3. The number of H-pyrrole nitrogens is 1. The molecule has 1 saturated heterocycles. The summed E-state index contributed by atoms with van der Waals surface area (Å²) in [5.41, 5.74) is 1.10. The second-order valence-electron chi connectivity index (χ2n) is 6.31. The standard InChI is InChI=1S/C17H19N5O2/c1-17(12-9-18-21(2)10-12)11-22(7-8-24-17)16-19-14-6-4-3-5-13(14)15(23)20-16/h3-6,9-10H,7-8,11H2,1-2H3,(H,19,20,23). The number of hydrogen-bond donors (Lipinski definition) is 1. The molecule has 1 aliphatic heterocycles. The average molecular weight is 325 g/mol. The van der Waals surface area contributed by atoms with Gasteiger partial charge in [-0.3, -0.25) is 14.5 Å². The molecule has 0 bridgehead atoms. The van der Waals surface area contributed by atoms with Crippen molar-refractivity contribution in [2.45, 2.75) is 12.5 Å². The lowest BCUT2D eigenvalue weighted by Gasteiger charge is -2.40. The van der Waals surface area contributed by atoms with E-state index in [-0.39, 0.29) is 5.56 Å². The molecule has 1 aliphatic rings. The van der Waals surface area contributed by atoms with E-state index in [4.69, 9.17) is 4.74 Å². The van der Waals surface area contributed by atoms with Crippen LogP contribution >= 0.6 is 0 Å². The summed E-state index contributed by atoms with van der Waals surface area (Å²) in [6.07, 6.45) is 3.78. The minimum atomic E-state index is -0.489. The number of nitrogens with zero attached hydrogens (tertiary/aromatic N) is 4. The normalized spacial score (nSPS) is 21.3. The fourth-order valence-electron chi connectivity index (χ4n) is 3.14. The van der Waals surface area contributed by atoms with Crippen LogP contribution in [0, 0.1) is 0 Å². The number of aromatic nitrogens is 4. The van der Waals surface area contributed by atoms with E-state index in [2.05, 4.69) is 20.0 Å². The van der Waals surface area contributed by atoms with E-state index in [1.54, 1.807) is 10.7 Å². The number of anilines is 1. The van der Waals surface area contributed by atoms with Crippen LogP contribution in [0.5, 0.6) is 0 Å². The van der Waals surface area contributed by atoms with E-state index in [0.717, 1.165) is 5.56 Å². The third-order valence-corrected chi connectivity index (χ3v) is 4.49. The summed E-state index contributed by atoms with van der Waals surface area (Å²) < 4.78 is 7.78. The number of hydrogen-bond acceptors (Lipinski definition) is 5. The van der Waals surface area contributed by atoms with E-state index in [1.807, 2.05) is 44.6 Å². The summed E-state index contributed by atoms with van der Waals surface area (Å²) in [7, 11) is 1.88. The van der Waals surface area contributed by atoms with Gasteiger partial charge in [-0.05, 0) is 19.1 Å². The van der Waals surface area contributed by atoms with Crippen molar-refractivity contribution >= 4 is 16.9 Å². The van der Waals surface area contributed by atoms with Crippen LogP contribution in [0.3, 0.4) is 0 Å². The zero-order chi connectivity index (χ0) is 16.7. The van der Waals surface area contributed by atoms with Gasteiger partial charge >= 0.3 is 0 Å². The molecule has 0 saturated carbocycles. The largest absolute Gasteiger partial charge is 0.367 e. The predicted molar refractivity (Wildman–Crippen MR) is 91.1 cm³/mol. The number of benzene rings is 1. The van der Waals surface area contributed by atoms with Gasteiger partial charge in [0.2, 0.25) is 5.95 Å². The van der Waals surface area contributed by atoms with Gasteiger partial charge in [-0.15, -0.1) is 0 Å². The molecule has 124 valence electrons. The Labute approximate surface area is 138 Å². The van der Waals surface area contributed by atoms with E-state index in [0.29, 0.717) is 36.5 Å². The molecule has 0 radical (unpaired) electrons. The Morgan fingerprint density at radius 2 is 2.17 bits per heavy atom. The van der Waals surface area contributed by atoms with Gasteiger partial charge in [0, 0.05) is 25.4 Å². The monoisotopic (exact) mass is 325 g/mol. The van der Waals surface area contributed by atoms with Gasteiger partial charge in [0.25, 0.3) is 5.56 Å². The molecule has 7 nitrogen and oxygen atoms in total. The second kappa shape index (κ2) is 5.45. The maximum absolute atomic E-state index is 12.3. The van der Waals surface area contributed by atoms with Crippen molar-refractivity contribution < 1.29 is 4.74 Å². The van der Waals surface area contributed by atoms with Crippen LogP contribution in [0.1, 0.15) is 12.5 Å². The lowest BCUT2D eigenvalue weighted by Crippen LogP contribution is -2.49. The van der Waals surface area contributed by atoms with Gasteiger partial charge in [-0.2, -0.15) is 5.10 Å². The quantitative estimate of drug-likeness (QED) is 0.771. The van der Waals surface area contributed by atoms with Crippen molar-refractivity contribution in [2.24, 2.45) is 7.05 Å². The minimum absolute atomic E-state index is 0.120. The molecule has 24 heavy (non-hydrogen) atoms. The predicted octanol–water partition coefficient (Wildman–Crippen LogP) is 1.41. The van der Waals surface area contributed by atoms with Crippen LogP contribution < -0.4 is 10.5 Å². The Balaban J connectivity index is 1.71. The number of aryl methyl sites for hydroxylation is 1. The molecular weight excluding hydrogens is 306 g/mol. The number of para-hydroxylation sites is 1. The smallest absolute Gasteiger partial charge is 0.260 e. The van der Waals surface area contributed by atoms with Crippen molar-refractivity contribution in [2.75, 3.05) is 24.6 Å². The van der Waals surface area contributed by atoms with Crippen molar-refractivity contribution in [1.82, 2.24) is 19.7 Å². The number of morpholine rings is 1. The summed E-state index contributed by atoms with van der Waals surface area (Å²) in [6.45, 7) is 3.87. The summed E-state index contributed by atoms with van der Waals surface area (Å²) in [6, 6.07) is 7.36. The van der Waals surface area contributed by atoms with Crippen LogP contribution in [0.25, 0.3) is 10.9 Å². The Hall–Kier alpha value is -2.67. The number of rotatable bonds is 2. The molecule has 1 N–H and O–H groups in total. The summed E-state index contributed by atoms with van der Waals surface area (Å²) in [5.74, 6) is 0.581. The van der Waals surface area contributed by atoms with Gasteiger partial charge in [0.05, 0.1) is 30.3 Å². The minimum Gasteiger partial charge on any atom is -0.367 e. The number of fused-ring (bicyclic) bond motifs is 1. The molecule has 3 aromatic rings. The first kappa shape index (κ1) is 14.9. The van der Waals surface area contributed by atoms with Crippen LogP contribution in [-0.2, 0) is 17.4 Å². The van der Waals surface area contributed by atoms with Gasteiger partial charge in [0.15, 0.2) is 0 Å². The molecular formula is C17H19N5O2. The average Bonchev–Trinajstić information content (AvgIpc) is 3.02. The first-order valence-corrected chi connectivity index (χ1v) is 7.92. The molecule has 4 rings (SSSR count). The molecule has 0 amide bonds. The molecule has 7 heteroatoms. The van der Waals surface area contributed by atoms with Crippen LogP contribution in [0.4, 0.5) is 5.95 Å². The molecule has 0 aliphatic carbocycles. The zero-order valence-electron chi connectivity index (χ0n) is 13.7. The van der Waals surface area contributed by atoms with Gasteiger partial charge < -0.3 is 9.64 Å². The third kappa shape index (κ3) is 2.46. The van der Waals surface area contributed by atoms with Crippen molar-refractivity contribution in [3.63, 3.8) is 0 Å². The number of nitrogens with one attached hydrogen (secondary N) is 1. The zero-order valence-corrected chi connectivity index (χ0v) is 13.7. The molecule has 3 heterocycles. The van der Waals surface area contributed by atoms with E-state index < -0.39 is 5.60 Å². The summed E-state index contributed by atoms with van der Waals surface area (Å²) >= 11 is 0. The van der Waals surface area contributed by atoms with E-state index >= 15 is 0 Å². The van der Waals surface area contributed by atoms with Crippen LogP contribution in [-0.4, -0.2) is 39.4 Å². The van der Waals surface area contributed by atoms with E-state index in [9.17, 15) is 4.79 Å². The Bertz CT molecular complexity index is 947. The molecule has 1 fully saturated rings. The highest BCUT2D eigenvalue weighted by Gasteiger charge is 2.35. The molecule has 0 spiro atoms. The Morgan fingerprint density at radius 1 is 1.33 bits per heavy atom. The first-order chi connectivity index (χ1) is 11.5. The lowest BCUT2D eigenvalue weighted by molar-refractivity contribution is -0.0470. The van der Waals surface area contributed by atoms with Gasteiger partial charge in [-0.1, -0.05) is 12.1 Å². The van der Waals surface area contributed by atoms with Crippen molar-refractivity contribution in [3.8, 4) is 0 Å². The lowest BCUT2D eigenvalue weighted by atomic mass is 9.97. The topological polar surface area (TPSA) is 76.0 Å². The Morgan fingerprint density at radius 3 is 2.96 bits per heavy atom. The molecule has 2 aromatic heterocycles. The van der Waals surface area contributed by atoms with Crippen LogP contribution in [0.2, 0.25) is 0 Å². The van der Waals surface area contributed by atoms with Crippen molar-refractivity contribution in [3.05, 3.63) is 52.6 Å². The SMILES string of the molecule is Cn1cc(C2(C)CN(c3nc4ccccc4c(=O)[nH]3)CCO2)cn1. The molecule has 1 unspecified atom stereocenters. The number of aromatic amines is 1. The highest BCUT2D eigenvalue weighted by atomic mass is 16.5. The van der Waals surface area contributed by atoms with E-state index in [1.165, 1.54) is 0 Å². The number of ether oxygens (including phenoxy) is 1. The fourth-order valence-corrected chi connectivity index (χ4v) is 3.14. The van der Waals surface area contributed by atoms with Crippen LogP contribution in [0.15, 0.2) is 41.5 Å². The highest BCUT2D eigenvalue weighted by Crippen LogP contribution is 2.30. The second-order valence-corrected chi connectivity index (χ2v) is 6.31. The molecule has 1 atom stereocenters. The molecule has 1 aromatic carbocycles. The Kier molecular flexibility index (Phi) is 3.38. The summed E-state index contributed by atoms with van der Waals surface area (Å²) in [4.78, 5) is 21.9. The third-order valence-electron chi connectivity index (χ3n) is 4.49. The van der Waals surface area contributed by atoms with Gasteiger partial charge in [-0.25, -0.2) is 4.98 Å². The fraction of sp³-hybridized carbons (Fsp3) is 0.353.